The molecule has 2 aromatic rings. The van der Waals surface area contributed by atoms with Gasteiger partial charge in [0, 0.05) is 9.13 Å². The Morgan fingerprint density at radius 3 is 3.00 bits per heavy atom. The normalized spacial score (nSPS) is 10.3. The van der Waals surface area contributed by atoms with Crippen LogP contribution in [0.15, 0.2) is 24.3 Å². The Labute approximate surface area is 94.5 Å². The molecule has 0 saturated heterocycles. The fourth-order valence-electron chi connectivity index (χ4n) is 1.07. The minimum Gasteiger partial charge on any atom is -0.276 e. The van der Waals surface area contributed by atoms with Crippen LogP contribution in [0.5, 0.6) is 0 Å². The van der Waals surface area contributed by atoms with E-state index in [9.17, 15) is 0 Å². The molecule has 2 rings (SSSR count). The molecule has 1 radical (unpaired) electrons. The summed E-state index contributed by atoms with van der Waals surface area (Å²) in [5.74, 6) is 0. The summed E-state index contributed by atoms with van der Waals surface area (Å²) in [6.45, 7) is 0. The van der Waals surface area contributed by atoms with Gasteiger partial charge in [0.15, 0.2) is 0 Å². The molecule has 1 N–H and O–H groups in total. The third kappa shape index (κ3) is 1.71. The lowest BCUT2D eigenvalue weighted by Gasteiger charge is -2.01. The Kier molecular flexibility index (Phi) is 2.55. The minimum absolute atomic E-state index is 0.739. The lowest BCUT2D eigenvalue weighted by molar-refractivity contribution is 1.09. The van der Waals surface area contributed by atoms with Crippen molar-refractivity contribution in [2.45, 2.75) is 0 Å². The Hall–Kier alpha value is -0.550. The van der Waals surface area contributed by atoms with Crippen molar-refractivity contribution in [2.75, 3.05) is 0 Å². The van der Waals surface area contributed by atoms with Gasteiger partial charge in [-0.2, -0.15) is 5.10 Å². The van der Waals surface area contributed by atoms with Crippen LogP contribution in [0.25, 0.3) is 11.3 Å². The van der Waals surface area contributed by atoms with Crippen molar-refractivity contribution in [2.24, 2.45) is 0 Å². The number of nitrogens with zero attached hydrogens (tertiary/aromatic N) is 1. The number of hydrogen-bond donors (Lipinski definition) is 1. The van der Waals surface area contributed by atoms with E-state index < -0.39 is 0 Å². The average Bonchev–Trinajstić information content (AvgIpc) is 2.62. The van der Waals surface area contributed by atoms with Crippen molar-refractivity contribution < 1.29 is 0 Å². The summed E-state index contributed by atoms with van der Waals surface area (Å²) in [6.07, 6.45) is 2.78. The fraction of sp³-hybridized carbons (Fsp3) is 0. The Morgan fingerprint density at radius 1 is 1.46 bits per heavy atom. The molecule has 4 heteroatoms. The number of nitrogens with one attached hydrogen (secondary N) is 1. The van der Waals surface area contributed by atoms with Crippen molar-refractivity contribution in [3.05, 3.63) is 39.1 Å². The molecule has 0 unspecified atom stereocenters. The van der Waals surface area contributed by atoms with E-state index in [0.717, 1.165) is 19.9 Å². The second kappa shape index (κ2) is 3.67. The molecule has 0 fully saturated rings. The molecule has 0 aliphatic rings. The van der Waals surface area contributed by atoms with E-state index in [0.29, 0.717) is 0 Å². The van der Waals surface area contributed by atoms with Gasteiger partial charge in [-0.1, -0.05) is 23.7 Å². The van der Waals surface area contributed by atoms with E-state index in [1.165, 1.54) is 0 Å². The van der Waals surface area contributed by atoms with E-state index in [2.05, 4.69) is 39.0 Å². The van der Waals surface area contributed by atoms with Gasteiger partial charge in [0.25, 0.3) is 0 Å². The standard InChI is InChI=1S/C9H5ClIN2/c10-9-6(2-1-3-7(9)11)8-4-5-12-13-8/h1-4H,(H,12,13). The topological polar surface area (TPSA) is 28.7 Å². The monoisotopic (exact) mass is 303 g/mol. The van der Waals surface area contributed by atoms with Gasteiger partial charge in [0.1, 0.15) is 0 Å². The lowest BCUT2D eigenvalue weighted by Crippen LogP contribution is -1.82. The smallest absolute Gasteiger partial charge is 0.0943 e. The average molecular weight is 304 g/mol. The van der Waals surface area contributed by atoms with E-state index in [1.54, 1.807) is 6.07 Å². The molecule has 13 heavy (non-hydrogen) atoms. The highest BCUT2D eigenvalue weighted by atomic mass is 127. The maximum Gasteiger partial charge on any atom is 0.0943 e. The van der Waals surface area contributed by atoms with Crippen molar-refractivity contribution in [3.8, 4) is 11.3 Å². The number of aromatic amines is 1. The largest absolute Gasteiger partial charge is 0.276 e. The van der Waals surface area contributed by atoms with Gasteiger partial charge in [-0.15, -0.1) is 0 Å². The quantitative estimate of drug-likeness (QED) is 0.806. The lowest BCUT2D eigenvalue weighted by atomic mass is 10.2. The third-order valence-electron chi connectivity index (χ3n) is 1.68. The number of aromatic nitrogens is 2. The maximum atomic E-state index is 6.11. The summed E-state index contributed by atoms with van der Waals surface area (Å²) in [5, 5.41) is 7.40. The maximum absolute atomic E-state index is 6.11. The molecule has 0 saturated carbocycles. The summed E-state index contributed by atoms with van der Waals surface area (Å²) in [4.78, 5) is 0. The molecule has 1 heterocycles. The predicted molar refractivity (Wildman–Crippen MR) is 60.6 cm³/mol. The predicted octanol–water partition coefficient (Wildman–Crippen LogP) is 3.13. The minimum atomic E-state index is 0.739. The molecule has 2 nitrogen and oxygen atoms in total. The third-order valence-corrected chi connectivity index (χ3v) is 3.30. The first-order valence-electron chi connectivity index (χ1n) is 3.65. The van der Waals surface area contributed by atoms with Crippen LogP contribution in [0.2, 0.25) is 5.02 Å². The van der Waals surface area contributed by atoms with Crippen LogP contribution in [0, 0.1) is 9.77 Å². The molecule has 1 aromatic heterocycles. The fourth-order valence-corrected chi connectivity index (χ4v) is 1.79. The first kappa shape index (κ1) is 9.02. The second-order valence-corrected chi connectivity index (χ2v) is 4.04. The molecule has 0 spiro atoms. The van der Waals surface area contributed by atoms with Gasteiger partial charge >= 0.3 is 0 Å². The van der Waals surface area contributed by atoms with Crippen molar-refractivity contribution in [1.29, 1.82) is 0 Å². The molecule has 0 aliphatic heterocycles. The highest BCUT2D eigenvalue weighted by Crippen LogP contribution is 2.29. The number of rotatable bonds is 1. The molecular formula is C9H5ClIN2. The number of benzene rings is 1. The van der Waals surface area contributed by atoms with Gasteiger partial charge in [0.2, 0.25) is 0 Å². The first-order chi connectivity index (χ1) is 6.29. The summed E-state index contributed by atoms with van der Waals surface area (Å²) in [7, 11) is 0. The van der Waals surface area contributed by atoms with Gasteiger partial charge in [-0.25, -0.2) is 0 Å². The van der Waals surface area contributed by atoms with Gasteiger partial charge < -0.3 is 0 Å². The molecule has 65 valence electrons. The van der Waals surface area contributed by atoms with Crippen LogP contribution < -0.4 is 0 Å². The van der Waals surface area contributed by atoms with E-state index in [4.69, 9.17) is 11.6 Å². The zero-order valence-electron chi connectivity index (χ0n) is 6.51. The van der Waals surface area contributed by atoms with Gasteiger partial charge in [0.05, 0.1) is 16.9 Å². The van der Waals surface area contributed by atoms with Crippen LogP contribution in [-0.2, 0) is 0 Å². The van der Waals surface area contributed by atoms with Crippen molar-refractivity contribution in [1.82, 2.24) is 10.2 Å². The zero-order valence-corrected chi connectivity index (χ0v) is 9.43. The number of hydrogen-bond acceptors (Lipinski definition) is 1. The molecule has 0 bridgehead atoms. The Balaban J connectivity index is 2.59. The molecule has 0 amide bonds. The second-order valence-electron chi connectivity index (χ2n) is 2.50. The zero-order chi connectivity index (χ0) is 9.26. The highest BCUT2D eigenvalue weighted by Gasteiger charge is 2.07. The Bertz CT molecular complexity index is 412. The van der Waals surface area contributed by atoms with Crippen molar-refractivity contribution in [3.63, 3.8) is 0 Å². The van der Waals surface area contributed by atoms with Crippen LogP contribution in [0.3, 0.4) is 0 Å². The SMILES string of the molecule is Clc1c(I)cccc1-c1c[c][nH]n1. The van der Waals surface area contributed by atoms with Crippen LogP contribution >= 0.6 is 34.2 Å². The van der Waals surface area contributed by atoms with Crippen LogP contribution in [-0.4, -0.2) is 10.2 Å². The van der Waals surface area contributed by atoms with Crippen LogP contribution in [0.1, 0.15) is 0 Å². The summed E-state index contributed by atoms with van der Waals surface area (Å²) >= 11 is 8.30. The van der Waals surface area contributed by atoms with E-state index in [1.807, 2.05) is 18.2 Å². The summed E-state index contributed by atoms with van der Waals surface area (Å²) in [5.41, 5.74) is 1.76. The van der Waals surface area contributed by atoms with Gasteiger partial charge in [-0.05, 0) is 34.7 Å². The summed E-state index contributed by atoms with van der Waals surface area (Å²) in [6, 6.07) is 7.63. The summed E-state index contributed by atoms with van der Waals surface area (Å²) < 4.78 is 1.03. The van der Waals surface area contributed by atoms with E-state index >= 15 is 0 Å². The Morgan fingerprint density at radius 2 is 2.31 bits per heavy atom. The molecule has 1 aromatic carbocycles. The molecule has 0 atom stereocenters. The van der Waals surface area contributed by atoms with Crippen LogP contribution in [0.4, 0.5) is 0 Å². The number of H-pyrrole nitrogens is 1. The first-order valence-corrected chi connectivity index (χ1v) is 5.10. The van der Waals surface area contributed by atoms with Crippen molar-refractivity contribution >= 4 is 34.2 Å². The van der Waals surface area contributed by atoms with E-state index in [-0.39, 0.29) is 0 Å². The molecule has 0 aliphatic carbocycles. The van der Waals surface area contributed by atoms with Gasteiger partial charge in [-0.3, -0.25) is 5.10 Å². The highest BCUT2D eigenvalue weighted by molar-refractivity contribution is 14.1. The molecular weight excluding hydrogens is 298 g/mol. The number of halogens is 2.